The SMILES string of the molecule is CC1CCCCN1C(=O)c1cccc(COc2ccccc2Cl)c1. The maximum absolute atomic E-state index is 12.8. The van der Waals surface area contributed by atoms with Crippen molar-refractivity contribution < 1.29 is 9.53 Å². The number of para-hydroxylation sites is 1. The van der Waals surface area contributed by atoms with Gasteiger partial charge in [0.1, 0.15) is 12.4 Å². The molecule has 3 rings (SSSR count). The Balaban J connectivity index is 1.70. The number of rotatable bonds is 4. The lowest BCUT2D eigenvalue weighted by atomic mass is 10.0. The number of hydrogen-bond acceptors (Lipinski definition) is 2. The molecule has 3 nitrogen and oxygen atoms in total. The highest BCUT2D eigenvalue weighted by atomic mass is 35.5. The number of piperidine rings is 1. The molecule has 1 saturated heterocycles. The van der Waals surface area contributed by atoms with Gasteiger partial charge in [-0.1, -0.05) is 35.9 Å². The van der Waals surface area contributed by atoms with Crippen molar-refractivity contribution in [2.24, 2.45) is 0 Å². The Bertz CT molecular complexity index is 716. The van der Waals surface area contributed by atoms with Crippen LogP contribution in [-0.2, 0) is 6.61 Å². The van der Waals surface area contributed by atoms with Gasteiger partial charge >= 0.3 is 0 Å². The van der Waals surface area contributed by atoms with Gasteiger partial charge in [0.25, 0.3) is 5.91 Å². The van der Waals surface area contributed by atoms with Crippen molar-refractivity contribution in [3.63, 3.8) is 0 Å². The summed E-state index contributed by atoms with van der Waals surface area (Å²) in [6, 6.07) is 15.4. The molecule has 24 heavy (non-hydrogen) atoms. The summed E-state index contributed by atoms with van der Waals surface area (Å²) < 4.78 is 5.77. The Morgan fingerprint density at radius 3 is 2.83 bits per heavy atom. The fourth-order valence-corrected chi connectivity index (χ4v) is 3.27. The minimum atomic E-state index is 0.113. The average Bonchev–Trinajstić information content (AvgIpc) is 2.61. The fourth-order valence-electron chi connectivity index (χ4n) is 3.08. The van der Waals surface area contributed by atoms with Gasteiger partial charge in [-0.25, -0.2) is 0 Å². The van der Waals surface area contributed by atoms with Gasteiger partial charge in [-0.05, 0) is 56.0 Å². The predicted octanol–water partition coefficient (Wildman–Crippen LogP) is 4.93. The molecule has 4 heteroatoms. The van der Waals surface area contributed by atoms with Crippen LogP contribution >= 0.6 is 11.6 Å². The maximum atomic E-state index is 12.8. The van der Waals surface area contributed by atoms with Gasteiger partial charge in [0, 0.05) is 18.2 Å². The first-order valence-corrected chi connectivity index (χ1v) is 8.80. The van der Waals surface area contributed by atoms with Gasteiger partial charge in [0.2, 0.25) is 0 Å². The predicted molar refractivity (Wildman–Crippen MR) is 96.6 cm³/mol. The molecule has 0 aromatic heterocycles. The summed E-state index contributed by atoms with van der Waals surface area (Å²) in [6.07, 6.45) is 3.38. The summed E-state index contributed by atoms with van der Waals surface area (Å²) in [5, 5.41) is 0.590. The van der Waals surface area contributed by atoms with E-state index in [9.17, 15) is 4.79 Å². The number of carbonyl (C=O) groups is 1. The molecule has 2 aromatic carbocycles. The van der Waals surface area contributed by atoms with E-state index >= 15 is 0 Å². The van der Waals surface area contributed by atoms with Crippen LogP contribution in [0.15, 0.2) is 48.5 Å². The van der Waals surface area contributed by atoms with Crippen molar-refractivity contribution in [2.75, 3.05) is 6.54 Å². The molecule has 1 fully saturated rings. The Labute approximate surface area is 148 Å². The van der Waals surface area contributed by atoms with Gasteiger partial charge in [-0.3, -0.25) is 4.79 Å². The number of ether oxygens (including phenoxy) is 1. The van der Waals surface area contributed by atoms with Crippen LogP contribution in [0, 0.1) is 0 Å². The van der Waals surface area contributed by atoms with Crippen molar-refractivity contribution in [3.8, 4) is 5.75 Å². The summed E-state index contributed by atoms with van der Waals surface area (Å²) in [7, 11) is 0. The zero-order valence-electron chi connectivity index (χ0n) is 13.9. The van der Waals surface area contributed by atoms with Crippen molar-refractivity contribution in [1.82, 2.24) is 4.90 Å². The van der Waals surface area contributed by atoms with E-state index in [1.807, 2.05) is 47.4 Å². The molecule has 0 bridgehead atoms. The molecule has 0 saturated carbocycles. The molecular weight excluding hydrogens is 322 g/mol. The first-order valence-electron chi connectivity index (χ1n) is 8.42. The van der Waals surface area contributed by atoms with E-state index in [1.165, 1.54) is 6.42 Å². The van der Waals surface area contributed by atoms with Crippen molar-refractivity contribution in [3.05, 3.63) is 64.7 Å². The third-order valence-corrected chi connectivity index (χ3v) is 4.78. The van der Waals surface area contributed by atoms with Gasteiger partial charge in [0.15, 0.2) is 0 Å². The van der Waals surface area contributed by atoms with Crippen LogP contribution in [0.25, 0.3) is 0 Å². The fraction of sp³-hybridized carbons (Fsp3) is 0.350. The largest absolute Gasteiger partial charge is 0.487 e. The van der Waals surface area contributed by atoms with E-state index in [2.05, 4.69) is 6.92 Å². The Morgan fingerprint density at radius 1 is 1.21 bits per heavy atom. The summed E-state index contributed by atoms with van der Waals surface area (Å²) in [4.78, 5) is 14.7. The second kappa shape index (κ2) is 7.71. The van der Waals surface area contributed by atoms with Crippen molar-refractivity contribution in [2.45, 2.75) is 38.8 Å². The molecule has 126 valence electrons. The van der Waals surface area contributed by atoms with Crippen LogP contribution in [0.2, 0.25) is 5.02 Å². The normalized spacial score (nSPS) is 17.6. The lowest BCUT2D eigenvalue weighted by Crippen LogP contribution is -2.42. The Kier molecular flexibility index (Phi) is 5.41. The smallest absolute Gasteiger partial charge is 0.254 e. The van der Waals surface area contributed by atoms with E-state index in [0.717, 1.165) is 30.5 Å². The van der Waals surface area contributed by atoms with Crippen LogP contribution in [0.5, 0.6) is 5.75 Å². The lowest BCUT2D eigenvalue weighted by molar-refractivity contribution is 0.0635. The van der Waals surface area contributed by atoms with Crippen LogP contribution in [-0.4, -0.2) is 23.4 Å². The molecule has 1 aliphatic rings. The highest BCUT2D eigenvalue weighted by molar-refractivity contribution is 6.32. The van der Waals surface area contributed by atoms with Crippen molar-refractivity contribution in [1.29, 1.82) is 0 Å². The summed E-state index contributed by atoms with van der Waals surface area (Å²) in [5.41, 5.74) is 1.69. The quantitative estimate of drug-likeness (QED) is 0.787. The van der Waals surface area contributed by atoms with E-state index in [0.29, 0.717) is 23.4 Å². The number of nitrogens with zero attached hydrogens (tertiary/aromatic N) is 1. The highest BCUT2D eigenvalue weighted by Gasteiger charge is 2.24. The first kappa shape index (κ1) is 16.8. The van der Waals surface area contributed by atoms with Gasteiger partial charge in [-0.15, -0.1) is 0 Å². The average molecular weight is 344 g/mol. The summed E-state index contributed by atoms with van der Waals surface area (Å²) in [5.74, 6) is 0.766. The number of hydrogen-bond donors (Lipinski definition) is 0. The zero-order chi connectivity index (χ0) is 16.9. The van der Waals surface area contributed by atoms with Gasteiger partial charge in [-0.2, -0.15) is 0 Å². The maximum Gasteiger partial charge on any atom is 0.254 e. The van der Waals surface area contributed by atoms with E-state index in [1.54, 1.807) is 6.07 Å². The topological polar surface area (TPSA) is 29.5 Å². The monoisotopic (exact) mass is 343 g/mol. The minimum Gasteiger partial charge on any atom is -0.487 e. The van der Waals surface area contributed by atoms with E-state index in [4.69, 9.17) is 16.3 Å². The van der Waals surface area contributed by atoms with Gasteiger partial charge in [0.05, 0.1) is 5.02 Å². The standard InChI is InChI=1S/C20H22ClNO2/c1-15-7-4-5-12-22(15)20(23)17-9-6-8-16(13-17)14-24-19-11-3-2-10-18(19)21/h2-3,6,8-11,13,15H,4-5,7,12,14H2,1H3. The second-order valence-electron chi connectivity index (χ2n) is 6.26. The Hall–Kier alpha value is -2.00. The second-order valence-corrected chi connectivity index (χ2v) is 6.67. The number of benzene rings is 2. The van der Waals surface area contributed by atoms with E-state index in [-0.39, 0.29) is 5.91 Å². The molecule has 0 spiro atoms. The zero-order valence-corrected chi connectivity index (χ0v) is 14.6. The van der Waals surface area contributed by atoms with Crippen LogP contribution in [0.1, 0.15) is 42.1 Å². The molecule has 1 amide bonds. The number of halogens is 1. The van der Waals surface area contributed by atoms with Crippen LogP contribution < -0.4 is 4.74 Å². The molecule has 0 N–H and O–H groups in total. The van der Waals surface area contributed by atoms with Gasteiger partial charge < -0.3 is 9.64 Å². The Morgan fingerprint density at radius 2 is 2.04 bits per heavy atom. The molecule has 1 aliphatic heterocycles. The van der Waals surface area contributed by atoms with Crippen LogP contribution in [0.4, 0.5) is 0 Å². The van der Waals surface area contributed by atoms with E-state index < -0.39 is 0 Å². The molecule has 1 heterocycles. The number of likely N-dealkylation sites (tertiary alicyclic amines) is 1. The highest BCUT2D eigenvalue weighted by Crippen LogP contribution is 2.24. The third-order valence-electron chi connectivity index (χ3n) is 4.47. The molecule has 1 atom stereocenters. The van der Waals surface area contributed by atoms with Crippen LogP contribution in [0.3, 0.4) is 0 Å². The lowest BCUT2D eigenvalue weighted by Gasteiger charge is -2.33. The summed E-state index contributed by atoms with van der Waals surface area (Å²) >= 11 is 6.10. The third kappa shape index (κ3) is 3.90. The number of amides is 1. The summed E-state index contributed by atoms with van der Waals surface area (Å²) in [6.45, 7) is 3.36. The molecule has 1 unspecified atom stereocenters. The van der Waals surface area contributed by atoms with Crippen molar-refractivity contribution >= 4 is 17.5 Å². The first-order chi connectivity index (χ1) is 11.6. The number of carbonyl (C=O) groups excluding carboxylic acids is 1. The minimum absolute atomic E-state index is 0.113. The molecule has 2 aromatic rings. The molecule has 0 aliphatic carbocycles. The molecular formula is C20H22ClNO2. The molecule has 0 radical (unpaired) electrons.